The Bertz CT molecular complexity index is 583. The second kappa shape index (κ2) is 5.71. The van der Waals surface area contributed by atoms with Gasteiger partial charge in [-0.05, 0) is 11.6 Å². The molecule has 0 saturated carbocycles. The number of ether oxygens (including phenoxy) is 1. The number of hydrogen-bond acceptors (Lipinski definition) is 4. The molecule has 0 aliphatic heterocycles. The van der Waals surface area contributed by atoms with Gasteiger partial charge >= 0.3 is 6.09 Å². The second-order valence-electron chi connectivity index (χ2n) is 4.11. The van der Waals surface area contributed by atoms with Crippen LogP contribution in [0.25, 0.3) is 0 Å². The number of hydrogen-bond donors (Lipinski definition) is 0. The van der Waals surface area contributed by atoms with Crippen LogP contribution in [-0.2, 0) is 6.54 Å². The first kappa shape index (κ1) is 13.4. The number of nitrogens with zero attached hydrogens (tertiary/aromatic N) is 4. The fourth-order valence-electron chi connectivity index (χ4n) is 1.39. The molecule has 0 saturated heterocycles. The zero-order chi connectivity index (χ0) is 13.8. The maximum absolute atomic E-state index is 11.3. The Kier molecular flexibility index (Phi) is 4.01. The lowest BCUT2D eigenvalue weighted by Crippen LogP contribution is -2.25. The van der Waals surface area contributed by atoms with Gasteiger partial charge in [0.25, 0.3) is 5.88 Å². The zero-order valence-corrected chi connectivity index (χ0v) is 11.3. The molecule has 0 bridgehead atoms. The lowest BCUT2D eigenvalue weighted by Gasteiger charge is -2.07. The Morgan fingerprint density at radius 2 is 2.16 bits per heavy atom. The van der Waals surface area contributed by atoms with E-state index in [1.165, 1.54) is 4.90 Å². The first-order valence-electron chi connectivity index (χ1n) is 5.59. The van der Waals surface area contributed by atoms with E-state index in [4.69, 9.17) is 16.3 Å². The summed E-state index contributed by atoms with van der Waals surface area (Å²) in [5, 5.41) is 8.30. The maximum Gasteiger partial charge on any atom is 0.416 e. The van der Waals surface area contributed by atoms with Crippen LogP contribution in [0.5, 0.6) is 5.88 Å². The van der Waals surface area contributed by atoms with Gasteiger partial charge in [-0.2, -0.15) is 0 Å². The molecular weight excluding hydrogens is 268 g/mol. The van der Waals surface area contributed by atoms with E-state index in [9.17, 15) is 4.79 Å². The molecule has 6 nitrogen and oxygen atoms in total. The number of amides is 1. The minimum absolute atomic E-state index is 0.158. The van der Waals surface area contributed by atoms with E-state index in [-0.39, 0.29) is 5.88 Å². The molecule has 0 N–H and O–H groups in total. The molecule has 100 valence electrons. The van der Waals surface area contributed by atoms with Gasteiger partial charge in [0, 0.05) is 19.1 Å². The predicted molar refractivity (Wildman–Crippen MR) is 70.3 cm³/mol. The number of benzene rings is 1. The van der Waals surface area contributed by atoms with Gasteiger partial charge in [-0.3, -0.25) is 0 Å². The first-order valence-corrected chi connectivity index (χ1v) is 5.96. The van der Waals surface area contributed by atoms with Crippen LogP contribution in [0.2, 0.25) is 5.02 Å². The van der Waals surface area contributed by atoms with Crippen LogP contribution in [-0.4, -0.2) is 40.1 Å². The van der Waals surface area contributed by atoms with Gasteiger partial charge in [0.2, 0.25) is 0 Å². The normalized spacial score (nSPS) is 10.3. The summed E-state index contributed by atoms with van der Waals surface area (Å²) in [6.07, 6.45) is 1.05. The summed E-state index contributed by atoms with van der Waals surface area (Å²) >= 11 is 6.05. The van der Waals surface area contributed by atoms with Crippen LogP contribution in [0.4, 0.5) is 4.79 Å². The maximum atomic E-state index is 11.3. The lowest BCUT2D eigenvalue weighted by molar-refractivity contribution is 0.170. The molecule has 0 radical (unpaired) electrons. The highest BCUT2D eigenvalue weighted by Crippen LogP contribution is 2.16. The highest BCUT2D eigenvalue weighted by molar-refractivity contribution is 6.31. The smallest absolute Gasteiger partial charge is 0.388 e. The van der Waals surface area contributed by atoms with Crippen LogP contribution in [0, 0.1) is 0 Å². The molecule has 0 unspecified atom stereocenters. The van der Waals surface area contributed by atoms with Gasteiger partial charge in [-0.25, -0.2) is 9.48 Å². The van der Waals surface area contributed by atoms with Crippen molar-refractivity contribution in [3.8, 4) is 5.88 Å². The largest absolute Gasteiger partial charge is 0.416 e. The minimum atomic E-state index is -0.496. The van der Waals surface area contributed by atoms with E-state index < -0.39 is 6.09 Å². The minimum Gasteiger partial charge on any atom is -0.388 e. The molecule has 2 aromatic rings. The highest BCUT2D eigenvalue weighted by Gasteiger charge is 2.10. The molecule has 0 fully saturated rings. The second-order valence-corrected chi connectivity index (χ2v) is 4.52. The molecule has 0 aliphatic carbocycles. The highest BCUT2D eigenvalue weighted by atomic mass is 35.5. The Labute approximate surface area is 115 Å². The van der Waals surface area contributed by atoms with Crippen molar-refractivity contribution in [2.24, 2.45) is 0 Å². The summed E-state index contributed by atoms with van der Waals surface area (Å²) in [7, 11) is 3.19. The van der Waals surface area contributed by atoms with E-state index in [0.717, 1.165) is 5.56 Å². The fraction of sp³-hybridized carbons (Fsp3) is 0.250. The summed E-state index contributed by atoms with van der Waals surface area (Å²) < 4.78 is 6.54. The van der Waals surface area contributed by atoms with E-state index >= 15 is 0 Å². The average Bonchev–Trinajstić information content (AvgIpc) is 2.79. The Morgan fingerprint density at radius 1 is 1.42 bits per heavy atom. The SMILES string of the molecule is CN(C)C(=O)Oc1cn(Cc2ccccc2Cl)nn1. The summed E-state index contributed by atoms with van der Waals surface area (Å²) in [4.78, 5) is 12.7. The van der Waals surface area contributed by atoms with Gasteiger partial charge in [-0.1, -0.05) is 40.1 Å². The molecule has 1 aromatic carbocycles. The average molecular weight is 281 g/mol. The van der Waals surface area contributed by atoms with E-state index in [1.54, 1.807) is 31.0 Å². The van der Waals surface area contributed by atoms with Crippen LogP contribution in [0.1, 0.15) is 5.56 Å². The lowest BCUT2D eigenvalue weighted by atomic mass is 10.2. The van der Waals surface area contributed by atoms with Crippen molar-refractivity contribution in [3.05, 3.63) is 41.0 Å². The molecule has 0 atom stereocenters. The van der Waals surface area contributed by atoms with Gasteiger partial charge in [0.1, 0.15) is 0 Å². The van der Waals surface area contributed by atoms with Gasteiger partial charge < -0.3 is 9.64 Å². The fourth-order valence-corrected chi connectivity index (χ4v) is 1.58. The molecule has 1 heterocycles. The third-order valence-corrected chi connectivity index (χ3v) is 2.73. The summed E-state index contributed by atoms with van der Waals surface area (Å²) in [5.74, 6) is 0.158. The van der Waals surface area contributed by atoms with Crippen molar-refractivity contribution in [2.45, 2.75) is 6.54 Å². The van der Waals surface area contributed by atoms with Crippen molar-refractivity contribution in [1.82, 2.24) is 19.9 Å². The van der Waals surface area contributed by atoms with Crippen molar-refractivity contribution in [2.75, 3.05) is 14.1 Å². The quantitative estimate of drug-likeness (QED) is 0.863. The zero-order valence-electron chi connectivity index (χ0n) is 10.6. The number of rotatable bonds is 3. The molecule has 1 aromatic heterocycles. The molecule has 0 aliphatic rings. The third kappa shape index (κ3) is 3.45. The Balaban J connectivity index is 2.06. The molecule has 0 spiro atoms. The molecule has 7 heteroatoms. The Morgan fingerprint density at radius 3 is 2.84 bits per heavy atom. The van der Waals surface area contributed by atoms with Crippen LogP contribution < -0.4 is 4.74 Å². The monoisotopic (exact) mass is 280 g/mol. The van der Waals surface area contributed by atoms with Gasteiger partial charge in [0.05, 0.1) is 12.7 Å². The van der Waals surface area contributed by atoms with Gasteiger partial charge in [-0.15, -0.1) is 0 Å². The van der Waals surface area contributed by atoms with Crippen molar-refractivity contribution in [3.63, 3.8) is 0 Å². The van der Waals surface area contributed by atoms with E-state index in [1.807, 2.05) is 18.2 Å². The summed E-state index contributed by atoms with van der Waals surface area (Å²) in [5.41, 5.74) is 0.916. The first-order chi connectivity index (χ1) is 9.06. The van der Waals surface area contributed by atoms with Crippen LogP contribution in [0.3, 0.4) is 0 Å². The van der Waals surface area contributed by atoms with E-state index in [0.29, 0.717) is 11.6 Å². The topological polar surface area (TPSA) is 60.2 Å². The van der Waals surface area contributed by atoms with Gasteiger partial charge in [0.15, 0.2) is 0 Å². The summed E-state index contributed by atoms with van der Waals surface area (Å²) in [6.45, 7) is 0.464. The molecule has 1 amide bonds. The predicted octanol–water partition coefficient (Wildman–Crippen LogP) is 2.04. The third-order valence-electron chi connectivity index (χ3n) is 2.36. The molecular formula is C12H13ClN4O2. The number of carbonyl (C=O) groups excluding carboxylic acids is 1. The van der Waals surface area contributed by atoms with Crippen molar-refractivity contribution < 1.29 is 9.53 Å². The number of aromatic nitrogens is 3. The Hall–Kier alpha value is -2.08. The van der Waals surface area contributed by atoms with Crippen molar-refractivity contribution in [1.29, 1.82) is 0 Å². The summed E-state index contributed by atoms with van der Waals surface area (Å²) in [6, 6.07) is 7.46. The van der Waals surface area contributed by atoms with Crippen LogP contribution >= 0.6 is 11.6 Å². The number of carbonyl (C=O) groups is 1. The molecule has 2 rings (SSSR count). The number of halogens is 1. The van der Waals surface area contributed by atoms with Crippen molar-refractivity contribution >= 4 is 17.7 Å². The van der Waals surface area contributed by atoms with Crippen LogP contribution in [0.15, 0.2) is 30.5 Å². The standard InChI is InChI=1S/C12H13ClN4O2/c1-16(2)12(18)19-11-8-17(15-14-11)7-9-5-3-4-6-10(9)13/h3-6,8H,7H2,1-2H3. The van der Waals surface area contributed by atoms with E-state index in [2.05, 4.69) is 10.3 Å². The molecule has 19 heavy (non-hydrogen) atoms.